The molecular formula is C15H12Cl2N4OS. The lowest BCUT2D eigenvalue weighted by atomic mass is 10.2. The Morgan fingerprint density at radius 3 is 2.74 bits per heavy atom. The number of benzene rings is 1. The Bertz CT molecular complexity index is 990. The van der Waals surface area contributed by atoms with Gasteiger partial charge in [-0.05, 0) is 42.0 Å². The van der Waals surface area contributed by atoms with E-state index in [2.05, 4.69) is 10.2 Å². The maximum Gasteiger partial charge on any atom is 0.261 e. The van der Waals surface area contributed by atoms with Crippen LogP contribution >= 0.6 is 35.4 Å². The molecule has 2 aromatic heterocycles. The lowest BCUT2D eigenvalue weighted by molar-refractivity contribution is 0.758. The van der Waals surface area contributed by atoms with E-state index in [9.17, 15) is 4.79 Å². The second kappa shape index (κ2) is 6.31. The van der Waals surface area contributed by atoms with Crippen LogP contribution in [0.4, 0.5) is 0 Å². The maximum absolute atomic E-state index is 12.7. The molecule has 118 valence electrons. The molecule has 0 amide bonds. The average Bonchev–Trinajstić information content (AvgIpc) is 2.84. The summed E-state index contributed by atoms with van der Waals surface area (Å²) in [6, 6.07) is 8.71. The van der Waals surface area contributed by atoms with Crippen molar-refractivity contribution in [3.05, 3.63) is 67.3 Å². The molecule has 2 heterocycles. The van der Waals surface area contributed by atoms with Gasteiger partial charge in [0, 0.05) is 23.3 Å². The van der Waals surface area contributed by atoms with Crippen LogP contribution in [0.25, 0.3) is 11.4 Å². The van der Waals surface area contributed by atoms with Gasteiger partial charge in [0.25, 0.3) is 5.56 Å². The highest BCUT2D eigenvalue weighted by atomic mass is 35.5. The van der Waals surface area contributed by atoms with E-state index in [-0.39, 0.29) is 5.56 Å². The molecule has 3 rings (SSSR count). The molecule has 0 saturated carbocycles. The maximum atomic E-state index is 12.7. The van der Waals surface area contributed by atoms with E-state index in [4.69, 9.17) is 35.4 Å². The number of aromatic amines is 1. The molecule has 0 aliphatic carbocycles. The largest absolute Gasteiger partial charge is 0.310 e. The van der Waals surface area contributed by atoms with Crippen molar-refractivity contribution in [2.24, 2.45) is 7.05 Å². The minimum Gasteiger partial charge on any atom is -0.310 e. The summed E-state index contributed by atoms with van der Waals surface area (Å²) < 4.78 is 3.68. The Morgan fingerprint density at radius 1 is 1.30 bits per heavy atom. The van der Waals surface area contributed by atoms with Crippen molar-refractivity contribution in [3.63, 3.8) is 0 Å². The smallest absolute Gasteiger partial charge is 0.261 e. The number of H-pyrrole nitrogens is 1. The Labute approximate surface area is 147 Å². The minimum absolute atomic E-state index is 0.171. The van der Waals surface area contributed by atoms with Gasteiger partial charge in [-0.1, -0.05) is 29.3 Å². The fourth-order valence-corrected chi connectivity index (χ4v) is 2.85. The summed E-state index contributed by atoms with van der Waals surface area (Å²) in [5, 5.41) is 7.87. The summed E-state index contributed by atoms with van der Waals surface area (Å²) in [4.78, 5) is 12.7. The second-order valence-electron chi connectivity index (χ2n) is 5.00. The van der Waals surface area contributed by atoms with Crippen LogP contribution in [0.1, 0.15) is 5.56 Å². The summed E-state index contributed by atoms with van der Waals surface area (Å²) in [6.45, 7) is 0.345. The summed E-state index contributed by atoms with van der Waals surface area (Å²) >= 11 is 17.2. The Balaban J connectivity index is 2.05. The molecule has 8 heteroatoms. The zero-order chi connectivity index (χ0) is 16.6. The molecule has 0 aliphatic heterocycles. The Kier molecular flexibility index (Phi) is 4.39. The highest BCUT2D eigenvalue weighted by Gasteiger charge is 2.12. The molecule has 3 aromatic rings. The number of nitrogens with zero attached hydrogens (tertiary/aromatic N) is 3. The van der Waals surface area contributed by atoms with Crippen molar-refractivity contribution in [1.29, 1.82) is 0 Å². The first-order valence-electron chi connectivity index (χ1n) is 6.72. The zero-order valence-electron chi connectivity index (χ0n) is 12.1. The topological polar surface area (TPSA) is 55.6 Å². The summed E-state index contributed by atoms with van der Waals surface area (Å²) in [7, 11) is 1.76. The van der Waals surface area contributed by atoms with Crippen molar-refractivity contribution in [3.8, 4) is 11.4 Å². The molecule has 0 spiro atoms. The third kappa shape index (κ3) is 3.10. The summed E-state index contributed by atoms with van der Waals surface area (Å²) in [6.07, 6.45) is 1.71. The van der Waals surface area contributed by atoms with Crippen LogP contribution in [0, 0.1) is 4.77 Å². The third-order valence-electron chi connectivity index (χ3n) is 3.50. The molecule has 0 radical (unpaired) electrons. The highest BCUT2D eigenvalue weighted by Crippen LogP contribution is 2.21. The highest BCUT2D eigenvalue weighted by molar-refractivity contribution is 7.71. The lowest BCUT2D eigenvalue weighted by Crippen LogP contribution is -2.22. The van der Waals surface area contributed by atoms with Gasteiger partial charge < -0.3 is 9.13 Å². The van der Waals surface area contributed by atoms with E-state index in [1.165, 1.54) is 0 Å². The molecular weight excluding hydrogens is 355 g/mol. The summed E-state index contributed by atoms with van der Waals surface area (Å²) in [5.74, 6) is 0.497. The van der Waals surface area contributed by atoms with E-state index < -0.39 is 0 Å². The molecule has 0 aliphatic rings. The van der Waals surface area contributed by atoms with Gasteiger partial charge in [-0.2, -0.15) is 5.10 Å². The quantitative estimate of drug-likeness (QED) is 0.719. The first kappa shape index (κ1) is 16.0. The average molecular weight is 367 g/mol. The van der Waals surface area contributed by atoms with Crippen molar-refractivity contribution in [1.82, 2.24) is 19.3 Å². The zero-order valence-corrected chi connectivity index (χ0v) is 14.4. The van der Waals surface area contributed by atoms with Crippen molar-refractivity contribution in [2.75, 3.05) is 0 Å². The number of rotatable bonds is 3. The van der Waals surface area contributed by atoms with E-state index >= 15 is 0 Å². The van der Waals surface area contributed by atoms with E-state index in [0.29, 0.717) is 32.7 Å². The van der Waals surface area contributed by atoms with Crippen LogP contribution in [0.3, 0.4) is 0 Å². The molecule has 0 unspecified atom stereocenters. The summed E-state index contributed by atoms with van der Waals surface area (Å²) in [5.41, 5.74) is 1.11. The fourth-order valence-electron chi connectivity index (χ4n) is 2.25. The van der Waals surface area contributed by atoms with Crippen LogP contribution in [-0.4, -0.2) is 19.3 Å². The second-order valence-corrected chi connectivity index (χ2v) is 6.23. The third-order valence-corrected chi connectivity index (χ3v) is 4.45. The van der Waals surface area contributed by atoms with Crippen LogP contribution in [-0.2, 0) is 13.6 Å². The molecule has 0 saturated heterocycles. The number of pyridine rings is 1. The molecule has 5 nitrogen and oxygen atoms in total. The van der Waals surface area contributed by atoms with Gasteiger partial charge >= 0.3 is 0 Å². The standard InChI is InChI=1S/C15H12Cl2N4OS/c1-20-13(18-19-15(20)23)11-3-2-6-21(14(11)22)8-9-4-5-10(16)7-12(9)17/h2-7H,8H2,1H3,(H,19,23). The number of nitrogens with one attached hydrogen (secondary N) is 1. The first-order valence-corrected chi connectivity index (χ1v) is 7.89. The molecule has 1 aromatic carbocycles. The van der Waals surface area contributed by atoms with Crippen molar-refractivity contribution in [2.45, 2.75) is 6.54 Å². The van der Waals surface area contributed by atoms with E-state index in [1.54, 1.807) is 52.7 Å². The normalized spacial score (nSPS) is 10.9. The Morgan fingerprint density at radius 2 is 2.09 bits per heavy atom. The number of aromatic nitrogens is 4. The lowest BCUT2D eigenvalue weighted by Gasteiger charge is -2.09. The molecule has 0 bridgehead atoms. The van der Waals surface area contributed by atoms with E-state index in [0.717, 1.165) is 5.56 Å². The molecule has 0 fully saturated rings. The van der Waals surface area contributed by atoms with Crippen molar-refractivity contribution >= 4 is 35.4 Å². The minimum atomic E-state index is -0.171. The van der Waals surface area contributed by atoms with Crippen LogP contribution in [0.5, 0.6) is 0 Å². The van der Waals surface area contributed by atoms with Gasteiger partial charge in [-0.3, -0.25) is 9.89 Å². The molecule has 23 heavy (non-hydrogen) atoms. The Hall–Kier alpha value is -1.89. The van der Waals surface area contributed by atoms with Gasteiger partial charge in [0.05, 0.1) is 12.1 Å². The predicted octanol–water partition coefficient (Wildman–Crippen LogP) is 3.66. The number of hydrogen-bond acceptors (Lipinski definition) is 3. The van der Waals surface area contributed by atoms with E-state index in [1.807, 2.05) is 0 Å². The molecule has 0 atom stereocenters. The molecule has 1 N–H and O–H groups in total. The van der Waals surface area contributed by atoms with Gasteiger partial charge in [-0.25, -0.2) is 0 Å². The SMILES string of the molecule is Cn1c(-c2cccn(Cc3ccc(Cl)cc3Cl)c2=O)n[nH]c1=S. The number of hydrogen-bond donors (Lipinski definition) is 1. The van der Waals surface area contributed by atoms with Gasteiger partial charge in [-0.15, -0.1) is 0 Å². The van der Waals surface area contributed by atoms with Crippen LogP contribution in [0.2, 0.25) is 10.0 Å². The van der Waals surface area contributed by atoms with Crippen molar-refractivity contribution < 1.29 is 0 Å². The van der Waals surface area contributed by atoms with Gasteiger partial charge in [0.1, 0.15) is 0 Å². The van der Waals surface area contributed by atoms with Gasteiger partial charge in [0.2, 0.25) is 0 Å². The monoisotopic (exact) mass is 366 g/mol. The predicted molar refractivity (Wildman–Crippen MR) is 93.7 cm³/mol. The van der Waals surface area contributed by atoms with Crippen LogP contribution in [0.15, 0.2) is 41.3 Å². The number of halogens is 2. The first-order chi connectivity index (χ1) is 11.0. The fraction of sp³-hybridized carbons (Fsp3) is 0.133. The van der Waals surface area contributed by atoms with Gasteiger partial charge in [0.15, 0.2) is 10.6 Å². The van der Waals surface area contributed by atoms with Crippen LogP contribution < -0.4 is 5.56 Å².